The Balaban J connectivity index is 2.87. The van der Waals surface area contributed by atoms with Crippen molar-refractivity contribution in [3.8, 4) is 0 Å². The Labute approximate surface area is 83.3 Å². The molecule has 2 aromatic heterocycles. The Kier molecular flexibility index (Phi) is 2.06. The number of halogens is 3. The third-order valence-corrected chi connectivity index (χ3v) is 2.05. The summed E-state index contributed by atoms with van der Waals surface area (Å²) in [6.45, 7) is 0. The van der Waals surface area contributed by atoms with Gasteiger partial charge in [-0.2, -0.15) is 0 Å². The van der Waals surface area contributed by atoms with Crippen LogP contribution < -0.4 is 0 Å². The fourth-order valence-corrected chi connectivity index (χ4v) is 1.50. The van der Waals surface area contributed by atoms with Crippen LogP contribution in [0.1, 0.15) is 0 Å². The molecule has 66 valence electrons. The summed E-state index contributed by atoms with van der Waals surface area (Å²) < 4.78 is 12.7. The summed E-state index contributed by atoms with van der Waals surface area (Å²) in [4.78, 5) is 7.59. The maximum Gasteiger partial charge on any atom is 0.142 e. The molecule has 0 aliphatic rings. The van der Waals surface area contributed by atoms with Gasteiger partial charge in [0, 0.05) is 11.5 Å². The summed E-state index contributed by atoms with van der Waals surface area (Å²) in [6.07, 6.45) is 1.11. The molecule has 0 bridgehead atoms. The Hall–Kier alpha value is -0.930. The lowest BCUT2D eigenvalue weighted by atomic mass is 10.3. The molecule has 0 saturated carbocycles. The summed E-state index contributed by atoms with van der Waals surface area (Å²) in [6, 6.07) is 2.80. The minimum absolute atomic E-state index is 0.162. The van der Waals surface area contributed by atoms with Crippen molar-refractivity contribution in [1.29, 1.82) is 0 Å². The van der Waals surface area contributed by atoms with Gasteiger partial charge in [-0.3, -0.25) is 4.98 Å². The molecule has 0 unspecified atom stereocenters. The lowest BCUT2D eigenvalue weighted by molar-refractivity contribution is 0.624. The number of aromatic nitrogens is 2. The van der Waals surface area contributed by atoms with Gasteiger partial charge in [0.25, 0.3) is 0 Å². The number of nitrogens with zero attached hydrogens (tertiary/aromatic N) is 2. The molecule has 0 amide bonds. The van der Waals surface area contributed by atoms with Crippen LogP contribution in [0.5, 0.6) is 0 Å². The zero-order chi connectivity index (χ0) is 9.42. The van der Waals surface area contributed by atoms with Crippen LogP contribution in [0.25, 0.3) is 10.9 Å². The molecule has 0 saturated heterocycles. The van der Waals surface area contributed by atoms with Crippen molar-refractivity contribution in [3.05, 3.63) is 34.5 Å². The molecule has 0 atom stereocenters. The zero-order valence-corrected chi connectivity index (χ0v) is 7.77. The molecular weight excluding hydrogens is 214 g/mol. The molecule has 2 aromatic rings. The molecule has 0 radical (unpaired) electrons. The molecule has 5 heteroatoms. The molecule has 2 nitrogen and oxygen atoms in total. The number of rotatable bonds is 0. The Morgan fingerprint density at radius 1 is 1.23 bits per heavy atom. The molecule has 0 fully saturated rings. The minimum Gasteiger partial charge on any atom is -0.253 e. The van der Waals surface area contributed by atoms with E-state index in [1.54, 1.807) is 0 Å². The van der Waals surface area contributed by atoms with Gasteiger partial charge in [-0.25, -0.2) is 9.37 Å². The molecule has 0 spiro atoms. The highest BCUT2D eigenvalue weighted by molar-refractivity contribution is 6.36. The number of hydrogen-bond donors (Lipinski definition) is 0. The number of fused-ring (bicyclic) bond motifs is 1. The fraction of sp³-hybridized carbons (Fsp3) is 0. The normalized spacial score (nSPS) is 10.7. The van der Waals surface area contributed by atoms with E-state index in [9.17, 15) is 4.39 Å². The second-order valence-corrected chi connectivity index (χ2v) is 3.20. The quantitative estimate of drug-likeness (QED) is 0.633. The highest BCUT2D eigenvalue weighted by atomic mass is 35.5. The fourth-order valence-electron chi connectivity index (χ4n) is 1.03. The van der Waals surface area contributed by atoms with Crippen molar-refractivity contribution in [1.82, 2.24) is 9.97 Å². The van der Waals surface area contributed by atoms with Crippen molar-refractivity contribution in [2.45, 2.75) is 0 Å². The van der Waals surface area contributed by atoms with Gasteiger partial charge in [0.1, 0.15) is 16.1 Å². The summed E-state index contributed by atoms with van der Waals surface area (Å²) in [5.74, 6) is -0.446. The molecule has 0 aromatic carbocycles. The maximum absolute atomic E-state index is 12.7. The summed E-state index contributed by atoms with van der Waals surface area (Å²) in [7, 11) is 0. The van der Waals surface area contributed by atoms with E-state index in [4.69, 9.17) is 23.2 Å². The van der Waals surface area contributed by atoms with Crippen molar-refractivity contribution in [2.24, 2.45) is 0 Å². The van der Waals surface area contributed by atoms with Gasteiger partial charge in [0.05, 0.1) is 11.7 Å². The van der Waals surface area contributed by atoms with Gasteiger partial charge in [-0.15, -0.1) is 0 Å². The van der Waals surface area contributed by atoms with Crippen LogP contribution >= 0.6 is 23.2 Å². The van der Waals surface area contributed by atoms with Gasteiger partial charge in [0.15, 0.2) is 0 Å². The van der Waals surface area contributed by atoms with Crippen LogP contribution in [-0.2, 0) is 0 Å². The lowest BCUT2D eigenvalue weighted by Gasteiger charge is -1.99. The minimum atomic E-state index is -0.446. The van der Waals surface area contributed by atoms with Gasteiger partial charge in [0.2, 0.25) is 0 Å². The van der Waals surface area contributed by atoms with E-state index < -0.39 is 5.82 Å². The smallest absolute Gasteiger partial charge is 0.142 e. The molecule has 2 rings (SSSR count). The van der Waals surface area contributed by atoms with Crippen molar-refractivity contribution >= 4 is 34.1 Å². The van der Waals surface area contributed by atoms with Crippen molar-refractivity contribution in [3.63, 3.8) is 0 Å². The third-order valence-electron chi connectivity index (χ3n) is 1.57. The molecule has 0 N–H and O–H groups in total. The highest BCUT2D eigenvalue weighted by Gasteiger charge is 2.04. The van der Waals surface area contributed by atoms with E-state index >= 15 is 0 Å². The van der Waals surface area contributed by atoms with Gasteiger partial charge in [-0.05, 0) is 6.07 Å². The average molecular weight is 217 g/mol. The SMILES string of the molecule is Fc1cnc2cc(Cl)nc(Cl)c2c1. The van der Waals surface area contributed by atoms with Crippen LogP contribution in [-0.4, -0.2) is 9.97 Å². The van der Waals surface area contributed by atoms with Crippen molar-refractivity contribution in [2.75, 3.05) is 0 Å². The number of pyridine rings is 2. The molecular formula is C8H3Cl2FN2. The third kappa shape index (κ3) is 1.57. The summed E-state index contributed by atoms with van der Waals surface area (Å²) in [5, 5.41) is 0.872. The first-order valence-electron chi connectivity index (χ1n) is 3.44. The van der Waals surface area contributed by atoms with E-state index in [1.165, 1.54) is 12.1 Å². The van der Waals surface area contributed by atoms with Crippen LogP contribution in [0.2, 0.25) is 10.3 Å². The zero-order valence-electron chi connectivity index (χ0n) is 6.26. The van der Waals surface area contributed by atoms with Crippen LogP contribution in [0.4, 0.5) is 4.39 Å². The van der Waals surface area contributed by atoms with E-state index in [-0.39, 0.29) is 10.3 Å². The van der Waals surface area contributed by atoms with Crippen LogP contribution in [0.15, 0.2) is 18.3 Å². The standard InChI is InChI=1S/C8H3Cl2FN2/c9-7-2-6-5(8(10)13-7)1-4(11)3-12-6/h1-3H. The molecule has 13 heavy (non-hydrogen) atoms. The van der Waals surface area contributed by atoms with Crippen molar-refractivity contribution < 1.29 is 4.39 Å². The van der Waals surface area contributed by atoms with Gasteiger partial charge in [-0.1, -0.05) is 23.2 Å². The first-order valence-corrected chi connectivity index (χ1v) is 4.20. The largest absolute Gasteiger partial charge is 0.253 e. The highest BCUT2D eigenvalue weighted by Crippen LogP contribution is 2.23. The van der Waals surface area contributed by atoms with E-state index in [0.29, 0.717) is 10.9 Å². The van der Waals surface area contributed by atoms with Crippen LogP contribution in [0.3, 0.4) is 0 Å². The van der Waals surface area contributed by atoms with E-state index in [2.05, 4.69) is 9.97 Å². The second-order valence-electron chi connectivity index (χ2n) is 2.46. The van der Waals surface area contributed by atoms with Gasteiger partial charge >= 0.3 is 0 Å². The van der Waals surface area contributed by atoms with Gasteiger partial charge < -0.3 is 0 Å². The predicted octanol–water partition coefficient (Wildman–Crippen LogP) is 3.08. The van der Waals surface area contributed by atoms with E-state index in [1.807, 2.05) is 0 Å². The first-order chi connectivity index (χ1) is 6.16. The molecule has 2 heterocycles. The molecule has 0 aliphatic carbocycles. The Morgan fingerprint density at radius 2 is 2.00 bits per heavy atom. The Bertz CT molecular complexity index is 473. The van der Waals surface area contributed by atoms with E-state index in [0.717, 1.165) is 6.20 Å². The number of hydrogen-bond acceptors (Lipinski definition) is 2. The Morgan fingerprint density at radius 3 is 2.77 bits per heavy atom. The second kappa shape index (κ2) is 3.09. The topological polar surface area (TPSA) is 25.8 Å². The summed E-state index contributed by atoms with van der Waals surface area (Å²) in [5.41, 5.74) is 0.534. The molecule has 0 aliphatic heterocycles. The average Bonchev–Trinajstić information content (AvgIpc) is 2.06. The predicted molar refractivity (Wildman–Crippen MR) is 49.5 cm³/mol. The lowest BCUT2D eigenvalue weighted by Crippen LogP contribution is -1.86. The first kappa shape index (κ1) is 8.66. The van der Waals surface area contributed by atoms with Crippen LogP contribution in [0, 0.1) is 5.82 Å². The summed E-state index contributed by atoms with van der Waals surface area (Å²) >= 11 is 11.4. The monoisotopic (exact) mass is 216 g/mol. The maximum atomic E-state index is 12.7.